The SMILES string of the molecule is c1ccc(-c2nc(-c3cc4ccccc4cc3-c3ccc4oc5cc6ccccc6cc5c4c3)nc(-c3cccc4ccccc34)n2)cc1. The van der Waals surface area contributed by atoms with E-state index in [1.165, 1.54) is 5.39 Å². The Hall–Kier alpha value is -6.65. The number of hydrogen-bond donors (Lipinski definition) is 0. The van der Waals surface area contributed by atoms with Gasteiger partial charge in [0.2, 0.25) is 0 Å². The summed E-state index contributed by atoms with van der Waals surface area (Å²) in [6, 6.07) is 57.0. The van der Waals surface area contributed by atoms with Gasteiger partial charge in [-0.3, -0.25) is 0 Å². The molecule has 10 aromatic rings. The number of fused-ring (bicyclic) bond motifs is 6. The van der Waals surface area contributed by atoms with Crippen LogP contribution in [0.2, 0.25) is 0 Å². The fourth-order valence-corrected chi connectivity index (χ4v) is 7.05. The summed E-state index contributed by atoms with van der Waals surface area (Å²) in [6.07, 6.45) is 0. The summed E-state index contributed by atoms with van der Waals surface area (Å²) < 4.78 is 6.37. The summed E-state index contributed by atoms with van der Waals surface area (Å²) in [5.41, 5.74) is 6.71. The molecule has 0 saturated heterocycles. The van der Waals surface area contributed by atoms with Crippen LogP contribution < -0.4 is 0 Å². The number of rotatable bonds is 4. The third-order valence-electron chi connectivity index (χ3n) is 9.47. The largest absolute Gasteiger partial charge is 0.456 e. The molecule has 0 N–H and O–H groups in total. The fourth-order valence-electron chi connectivity index (χ4n) is 7.05. The number of benzene rings is 8. The lowest BCUT2D eigenvalue weighted by molar-refractivity contribution is 0.669. The van der Waals surface area contributed by atoms with Crippen LogP contribution in [-0.4, -0.2) is 15.0 Å². The zero-order valence-electron chi connectivity index (χ0n) is 26.3. The van der Waals surface area contributed by atoms with Crippen molar-refractivity contribution in [3.63, 3.8) is 0 Å². The van der Waals surface area contributed by atoms with E-state index in [0.717, 1.165) is 76.7 Å². The summed E-state index contributed by atoms with van der Waals surface area (Å²) in [5, 5.41) is 9.04. The second kappa shape index (κ2) is 11.0. The van der Waals surface area contributed by atoms with Crippen LogP contribution in [0.5, 0.6) is 0 Å². The van der Waals surface area contributed by atoms with Crippen LogP contribution in [0.3, 0.4) is 0 Å². The van der Waals surface area contributed by atoms with Gasteiger partial charge in [-0.25, -0.2) is 15.0 Å². The van der Waals surface area contributed by atoms with E-state index in [2.05, 4.69) is 146 Å². The van der Waals surface area contributed by atoms with E-state index >= 15 is 0 Å². The van der Waals surface area contributed by atoms with Crippen molar-refractivity contribution < 1.29 is 4.42 Å². The molecule has 4 nitrogen and oxygen atoms in total. The van der Waals surface area contributed by atoms with Crippen molar-refractivity contribution in [3.05, 3.63) is 164 Å². The van der Waals surface area contributed by atoms with Gasteiger partial charge in [0.15, 0.2) is 17.5 Å². The predicted octanol–water partition coefficient (Wildman–Crippen LogP) is 11.9. The highest BCUT2D eigenvalue weighted by Crippen LogP contribution is 2.40. The van der Waals surface area contributed by atoms with Gasteiger partial charge in [0, 0.05) is 27.5 Å². The van der Waals surface area contributed by atoms with Crippen LogP contribution in [0.15, 0.2) is 168 Å². The number of nitrogens with zero attached hydrogens (tertiary/aromatic N) is 3. The quantitative estimate of drug-likeness (QED) is 0.195. The van der Waals surface area contributed by atoms with E-state index in [-0.39, 0.29) is 0 Å². The van der Waals surface area contributed by atoms with Crippen molar-refractivity contribution in [2.75, 3.05) is 0 Å². The maximum atomic E-state index is 6.37. The molecule has 0 aliphatic heterocycles. The Bertz CT molecular complexity index is 2890. The molecule has 0 unspecified atom stereocenters. The van der Waals surface area contributed by atoms with Gasteiger partial charge in [0.05, 0.1) is 0 Å². The Morgan fingerprint density at radius 3 is 1.65 bits per heavy atom. The van der Waals surface area contributed by atoms with Gasteiger partial charge in [0.1, 0.15) is 11.2 Å². The Morgan fingerprint density at radius 1 is 0.306 bits per heavy atom. The summed E-state index contributed by atoms with van der Waals surface area (Å²) >= 11 is 0. The molecule has 0 radical (unpaired) electrons. The molecule has 0 fully saturated rings. The van der Waals surface area contributed by atoms with E-state index in [0.29, 0.717) is 17.5 Å². The first-order chi connectivity index (χ1) is 24.2. The molecule has 0 atom stereocenters. The van der Waals surface area contributed by atoms with Crippen LogP contribution in [0.1, 0.15) is 0 Å². The molecule has 49 heavy (non-hydrogen) atoms. The van der Waals surface area contributed by atoms with Gasteiger partial charge in [-0.15, -0.1) is 0 Å². The third kappa shape index (κ3) is 4.65. The Morgan fingerprint density at radius 2 is 0.878 bits per heavy atom. The molecule has 228 valence electrons. The maximum absolute atomic E-state index is 6.37. The van der Waals surface area contributed by atoms with Crippen molar-refractivity contribution in [2.45, 2.75) is 0 Å². The Labute approximate surface area is 282 Å². The second-order valence-corrected chi connectivity index (χ2v) is 12.5. The molecular weight excluding hydrogens is 599 g/mol. The topological polar surface area (TPSA) is 51.8 Å². The first-order valence-electron chi connectivity index (χ1n) is 16.4. The molecule has 0 aliphatic carbocycles. The first-order valence-corrected chi connectivity index (χ1v) is 16.4. The van der Waals surface area contributed by atoms with Gasteiger partial charge >= 0.3 is 0 Å². The van der Waals surface area contributed by atoms with Crippen molar-refractivity contribution >= 4 is 54.3 Å². The monoisotopic (exact) mass is 625 g/mol. The molecule has 0 amide bonds. The van der Waals surface area contributed by atoms with Crippen LogP contribution >= 0.6 is 0 Å². The molecule has 0 saturated carbocycles. The molecule has 2 heterocycles. The van der Waals surface area contributed by atoms with Crippen LogP contribution in [0.25, 0.3) is 99.5 Å². The van der Waals surface area contributed by atoms with Crippen LogP contribution in [0.4, 0.5) is 0 Å². The summed E-state index contributed by atoms with van der Waals surface area (Å²) in [4.78, 5) is 15.5. The highest BCUT2D eigenvalue weighted by Gasteiger charge is 2.19. The smallest absolute Gasteiger partial charge is 0.164 e. The Balaban J connectivity index is 1.24. The van der Waals surface area contributed by atoms with Gasteiger partial charge in [-0.1, -0.05) is 127 Å². The van der Waals surface area contributed by atoms with Crippen molar-refractivity contribution in [1.82, 2.24) is 15.0 Å². The molecule has 2 aromatic heterocycles. The van der Waals surface area contributed by atoms with Crippen molar-refractivity contribution in [1.29, 1.82) is 0 Å². The van der Waals surface area contributed by atoms with E-state index in [4.69, 9.17) is 19.4 Å². The predicted molar refractivity (Wildman–Crippen MR) is 201 cm³/mol. The third-order valence-corrected chi connectivity index (χ3v) is 9.47. The van der Waals surface area contributed by atoms with Crippen LogP contribution in [0, 0.1) is 0 Å². The molecule has 10 rings (SSSR count). The van der Waals surface area contributed by atoms with E-state index in [9.17, 15) is 0 Å². The average molecular weight is 626 g/mol. The molecular formula is C45H27N3O. The lowest BCUT2D eigenvalue weighted by Gasteiger charge is -2.14. The molecule has 4 heteroatoms. The minimum Gasteiger partial charge on any atom is -0.456 e. The lowest BCUT2D eigenvalue weighted by Crippen LogP contribution is -2.01. The van der Waals surface area contributed by atoms with Gasteiger partial charge in [0.25, 0.3) is 0 Å². The van der Waals surface area contributed by atoms with Gasteiger partial charge in [-0.05, 0) is 79.8 Å². The van der Waals surface area contributed by atoms with Crippen molar-refractivity contribution in [3.8, 4) is 45.3 Å². The zero-order valence-corrected chi connectivity index (χ0v) is 26.3. The number of hydrogen-bond acceptors (Lipinski definition) is 4. The second-order valence-electron chi connectivity index (χ2n) is 12.5. The standard InChI is InChI=1S/C45H27N3O/c1-2-12-29(13-3-1)43-46-44(36-20-10-18-28-11-8-9-19-35(28)36)48-45(47-43)40-25-32-16-5-4-14-30(32)23-37(40)34-21-22-41-38(26-34)39-24-31-15-6-7-17-33(31)27-42(39)49-41/h1-27H. The minimum absolute atomic E-state index is 0.626. The minimum atomic E-state index is 0.626. The van der Waals surface area contributed by atoms with Crippen molar-refractivity contribution in [2.24, 2.45) is 0 Å². The zero-order chi connectivity index (χ0) is 32.3. The normalized spacial score (nSPS) is 11.7. The van der Waals surface area contributed by atoms with E-state index in [1.807, 2.05) is 18.2 Å². The maximum Gasteiger partial charge on any atom is 0.164 e. The number of furan rings is 1. The summed E-state index contributed by atoms with van der Waals surface area (Å²) in [6.45, 7) is 0. The van der Waals surface area contributed by atoms with E-state index in [1.54, 1.807) is 0 Å². The summed E-state index contributed by atoms with van der Waals surface area (Å²) in [5.74, 6) is 1.90. The number of aromatic nitrogens is 3. The lowest BCUT2D eigenvalue weighted by atomic mass is 9.93. The van der Waals surface area contributed by atoms with Gasteiger partial charge in [-0.2, -0.15) is 0 Å². The van der Waals surface area contributed by atoms with Crippen LogP contribution in [-0.2, 0) is 0 Å². The van der Waals surface area contributed by atoms with E-state index < -0.39 is 0 Å². The molecule has 0 spiro atoms. The highest BCUT2D eigenvalue weighted by molar-refractivity contribution is 6.11. The average Bonchev–Trinajstić information content (AvgIpc) is 3.53. The fraction of sp³-hybridized carbons (Fsp3) is 0. The molecule has 0 bridgehead atoms. The molecule has 0 aliphatic rings. The Kier molecular flexibility index (Phi) is 6.15. The highest BCUT2D eigenvalue weighted by atomic mass is 16.3. The summed E-state index contributed by atoms with van der Waals surface area (Å²) in [7, 11) is 0. The van der Waals surface area contributed by atoms with Gasteiger partial charge < -0.3 is 4.42 Å². The first kappa shape index (κ1) is 27.5. The molecule has 8 aromatic carbocycles.